The third kappa shape index (κ3) is 11.3. The van der Waals surface area contributed by atoms with E-state index in [0.717, 1.165) is 5.56 Å². The van der Waals surface area contributed by atoms with Crippen molar-refractivity contribution >= 4 is 29.7 Å². The average molecular weight is 520 g/mol. The minimum absolute atomic E-state index is 0.0806. The molecular weight excluding hydrogens is 478 g/mol. The van der Waals surface area contributed by atoms with Crippen LogP contribution in [0, 0.1) is 11.8 Å². The zero-order chi connectivity index (χ0) is 28.1. The molecule has 12 nitrogen and oxygen atoms in total. The first-order chi connectivity index (χ1) is 17.3. The highest BCUT2D eigenvalue weighted by molar-refractivity contribution is 5.94. The molecule has 0 radical (unpaired) electrons. The first-order valence-corrected chi connectivity index (χ1v) is 12.3. The Kier molecular flexibility index (Phi) is 13.1. The first-order valence-electron chi connectivity index (χ1n) is 12.3. The van der Waals surface area contributed by atoms with Crippen LogP contribution in [0.5, 0.6) is 0 Å². The fourth-order valence-corrected chi connectivity index (χ4v) is 3.44. The molecule has 3 amide bonds. The molecule has 1 rings (SSSR count). The number of carbonyl (C=O) groups excluding carboxylic acids is 3. The Morgan fingerprint density at radius 3 is 1.97 bits per heavy atom. The van der Waals surface area contributed by atoms with Crippen molar-refractivity contribution in [1.82, 2.24) is 16.0 Å². The van der Waals surface area contributed by atoms with E-state index in [1.807, 2.05) is 6.07 Å². The van der Waals surface area contributed by atoms with Crippen LogP contribution in [0.2, 0.25) is 0 Å². The summed E-state index contributed by atoms with van der Waals surface area (Å²) >= 11 is 0. The van der Waals surface area contributed by atoms with E-state index in [9.17, 15) is 24.3 Å². The van der Waals surface area contributed by atoms with Crippen LogP contribution in [0.25, 0.3) is 0 Å². The smallest absolute Gasteiger partial charge is 0.326 e. The van der Waals surface area contributed by atoms with E-state index in [0.29, 0.717) is 6.42 Å². The molecule has 1 aromatic rings. The molecule has 1 aromatic carbocycles. The summed E-state index contributed by atoms with van der Waals surface area (Å²) in [6.45, 7) is 7.25. The van der Waals surface area contributed by atoms with Crippen molar-refractivity contribution in [2.24, 2.45) is 34.0 Å². The normalized spacial score (nSPS) is 14.2. The Hall–Kier alpha value is -3.67. The monoisotopic (exact) mass is 519 g/mol. The number of carbonyl (C=O) groups is 4. The molecular formula is C25H41N7O5. The van der Waals surface area contributed by atoms with Gasteiger partial charge < -0.3 is 38.3 Å². The van der Waals surface area contributed by atoms with Crippen molar-refractivity contribution in [1.29, 1.82) is 0 Å². The number of nitrogens with zero attached hydrogens (tertiary/aromatic N) is 1. The standard InChI is InChI=1S/C25H41N7O5/c1-14(2)19(26)22(34)30-17(11-8-12-29-25(27)28)21(33)32-20(15(3)4)23(35)31-18(24(36)37)13-16-9-6-5-7-10-16/h5-7,9-10,14-15,17-20H,8,11-13,26H2,1-4H3,(H,30,34)(H,31,35)(H,32,33)(H,36,37)(H4,27,28,29). The molecule has 4 atom stereocenters. The quantitative estimate of drug-likeness (QED) is 0.0905. The predicted octanol–water partition coefficient (Wildman–Crippen LogP) is -0.539. The van der Waals surface area contributed by atoms with Crippen molar-refractivity contribution in [3.63, 3.8) is 0 Å². The lowest BCUT2D eigenvalue weighted by Gasteiger charge is -2.27. The van der Waals surface area contributed by atoms with E-state index in [1.54, 1.807) is 52.0 Å². The molecule has 0 saturated carbocycles. The van der Waals surface area contributed by atoms with Gasteiger partial charge in [-0.25, -0.2) is 4.79 Å². The summed E-state index contributed by atoms with van der Waals surface area (Å²) in [5.41, 5.74) is 17.4. The van der Waals surface area contributed by atoms with Crippen molar-refractivity contribution in [3.05, 3.63) is 35.9 Å². The van der Waals surface area contributed by atoms with Gasteiger partial charge in [-0.15, -0.1) is 0 Å². The second-order valence-corrected chi connectivity index (χ2v) is 9.60. The molecule has 0 aliphatic carbocycles. The largest absolute Gasteiger partial charge is 0.480 e. The summed E-state index contributed by atoms with van der Waals surface area (Å²) in [5, 5.41) is 17.5. The highest BCUT2D eigenvalue weighted by Crippen LogP contribution is 2.09. The fourth-order valence-electron chi connectivity index (χ4n) is 3.44. The molecule has 206 valence electrons. The maximum absolute atomic E-state index is 13.2. The predicted molar refractivity (Wildman–Crippen MR) is 141 cm³/mol. The molecule has 0 spiro atoms. The molecule has 12 heteroatoms. The second-order valence-electron chi connectivity index (χ2n) is 9.60. The molecule has 0 saturated heterocycles. The van der Waals surface area contributed by atoms with Gasteiger partial charge in [0.15, 0.2) is 5.96 Å². The second kappa shape index (κ2) is 15.4. The van der Waals surface area contributed by atoms with Crippen molar-refractivity contribution in [2.75, 3.05) is 6.54 Å². The zero-order valence-electron chi connectivity index (χ0n) is 21.9. The van der Waals surface area contributed by atoms with Crippen LogP contribution in [0.4, 0.5) is 0 Å². The number of hydrogen-bond donors (Lipinski definition) is 7. The number of benzene rings is 1. The Bertz CT molecular complexity index is 933. The highest BCUT2D eigenvalue weighted by atomic mass is 16.4. The molecule has 0 fully saturated rings. The van der Waals surface area contributed by atoms with Crippen LogP contribution in [0.1, 0.15) is 46.1 Å². The van der Waals surface area contributed by atoms with Crippen molar-refractivity contribution < 1.29 is 24.3 Å². The molecule has 0 aromatic heterocycles. The van der Waals surface area contributed by atoms with E-state index in [1.165, 1.54) is 0 Å². The van der Waals surface area contributed by atoms with E-state index in [2.05, 4.69) is 20.9 Å². The van der Waals surface area contributed by atoms with Crippen LogP contribution in [0.3, 0.4) is 0 Å². The molecule has 10 N–H and O–H groups in total. The zero-order valence-corrected chi connectivity index (χ0v) is 21.9. The number of aliphatic carboxylic acids is 1. The van der Waals surface area contributed by atoms with Crippen LogP contribution in [-0.4, -0.2) is 65.5 Å². The third-order valence-corrected chi connectivity index (χ3v) is 5.74. The minimum Gasteiger partial charge on any atom is -0.480 e. The lowest BCUT2D eigenvalue weighted by atomic mass is 10.00. The van der Waals surface area contributed by atoms with Gasteiger partial charge in [0, 0.05) is 13.0 Å². The van der Waals surface area contributed by atoms with Crippen LogP contribution in [0.15, 0.2) is 35.3 Å². The van der Waals surface area contributed by atoms with Crippen molar-refractivity contribution in [2.45, 2.75) is 71.1 Å². The molecule has 0 aliphatic rings. The summed E-state index contributed by atoms with van der Waals surface area (Å²) in [7, 11) is 0. The number of hydrogen-bond acceptors (Lipinski definition) is 6. The number of aliphatic imine (C=N–C) groups is 1. The van der Waals surface area contributed by atoms with Gasteiger partial charge in [-0.05, 0) is 30.2 Å². The molecule has 4 unspecified atom stereocenters. The van der Waals surface area contributed by atoms with E-state index in [4.69, 9.17) is 17.2 Å². The third-order valence-electron chi connectivity index (χ3n) is 5.74. The number of nitrogens with two attached hydrogens (primary N) is 3. The molecule has 0 heterocycles. The van der Waals surface area contributed by atoms with E-state index in [-0.39, 0.29) is 37.2 Å². The van der Waals surface area contributed by atoms with Gasteiger partial charge in [0.25, 0.3) is 0 Å². The maximum atomic E-state index is 13.2. The van der Waals surface area contributed by atoms with Crippen LogP contribution in [-0.2, 0) is 25.6 Å². The SMILES string of the molecule is CC(C)C(N)C(=O)NC(CCCN=C(N)N)C(=O)NC(C(=O)NC(Cc1ccccc1)C(=O)O)C(C)C. The minimum atomic E-state index is -1.20. The molecule has 0 aliphatic heterocycles. The topological polar surface area (TPSA) is 215 Å². The number of amides is 3. The Morgan fingerprint density at radius 1 is 0.865 bits per heavy atom. The number of carboxylic acids is 1. The van der Waals surface area contributed by atoms with Gasteiger partial charge in [0.2, 0.25) is 17.7 Å². The van der Waals surface area contributed by atoms with E-state index >= 15 is 0 Å². The van der Waals surface area contributed by atoms with Gasteiger partial charge in [-0.1, -0.05) is 58.0 Å². The Morgan fingerprint density at radius 2 is 1.46 bits per heavy atom. The number of rotatable bonds is 15. The summed E-state index contributed by atoms with van der Waals surface area (Å²) < 4.78 is 0. The first kappa shape index (κ1) is 31.4. The average Bonchev–Trinajstić information content (AvgIpc) is 2.83. The number of carboxylic acid groups (broad SMARTS) is 1. The number of guanidine groups is 1. The molecule has 37 heavy (non-hydrogen) atoms. The van der Waals surface area contributed by atoms with E-state index < -0.39 is 47.9 Å². The maximum Gasteiger partial charge on any atom is 0.326 e. The lowest BCUT2D eigenvalue weighted by molar-refractivity contribution is -0.142. The van der Waals surface area contributed by atoms with Crippen molar-refractivity contribution in [3.8, 4) is 0 Å². The fraction of sp³-hybridized carbons (Fsp3) is 0.560. The van der Waals surface area contributed by atoms with Gasteiger partial charge in [0.1, 0.15) is 18.1 Å². The Balaban J connectivity index is 2.99. The van der Waals surface area contributed by atoms with Gasteiger partial charge >= 0.3 is 5.97 Å². The summed E-state index contributed by atoms with van der Waals surface area (Å²) in [5.74, 6) is -3.56. The summed E-state index contributed by atoms with van der Waals surface area (Å²) in [6, 6.07) is 4.84. The Labute approximate surface area is 217 Å². The van der Waals surface area contributed by atoms with Crippen LogP contribution < -0.4 is 33.2 Å². The number of nitrogens with one attached hydrogen (secondary N) is 3. The molecule has 0 bridgehead atoms. The highest BCUT2D eigenvalue weighted by Gasteiger charge is 2.32. The van der Waals surface area contributed by atoms with Gasteiger partial charge in [0.05, 0.1) is 6.04 Å². The van der Waals surface area contributed by atoms with Gasteiger partial charge in [-0.3, -0.25) is 19.4 Å². The summed E-state index contributed by atoms with van der Waals surface area (Å²) in [6.07, 6.45) is 0.651. The van der Waals surface area contributed by atoms with Gasteiger partial charge in [-0.2, -0.15) is 0 Å². The lowest BCUT2D eigenvalue weighted by Crippen LogP contribution is -2.59. The summed E-state index contributed by atoms with van der Waals surface area (Å²) in [4.78, 5) is 54.5. The van der Waals surface area contributed by atoms with Crippen LogP contribution >= 0.6 is 0 Å².